The third kappa shape index (κ3) is 7.67. The van der Waals surface area contributed by atoms with Gasteiger partial charge >= 0.3 is 0 Å². The Morgan fingerprint density at radius 1 is 0.786 bits per heavy atom. The number of piperazine rings is 1. The van der Waals surface area contributed by atoms with Crippen LogP contribution in [0.3, 0.4) is 0 Å². The number of nitrogens with one attached hydrogen (secondary N) is 4. The number of anilines is 3. The van der Waals surface area contributed by atoms with Crippen molar-refractivity contribution in [1.29, 1.82) is 0 Å². The highest BCUT2D eigenvalue weighted by molar-refractivity contribution is 6.04. The fourth-order valence-corrected chi connectivity index (χ4v) is 6.86. The van der Waals surface area contributed by atoms with Crippen molar-refractivity contribution in [2.75, 3.05) is 55.4 Å². The van der Waals surface area contributed by atoms with Crippen LogP contribution < -0.4 is 26.0 Å². The molecule has 0 atom stereocenters. The number of carbonyl (C=O) groups is 3. The third-order valence-electron chi connectivity index (χ3n) is 9.87. The van der Waals surface area contributed by atoms with E-state index in [4.69, 9.17) is 20.4 Å². The number of hydrogen-bond donors (Lipinski definition) is 5. The Morgan fingerprint density at radius 3 is 2.23 bits per heavy atom. The summed E-state index contributed by atoms with van der Waals surface area (Å²) < 4.78 is 9.02. The number of rotatable bonds is 12. The Hall–Kier alpha value is -6.94. The lowest BCUT2D eigenvalue weighted by Gasteiger charge is -2.34. The summed E-state index contributed by atoms with van der Waals surface area (Å²) in [5.74, 6) is 1.02. The van der Waals surface area contributed by atoms with Gasteiger partial charge in [0.2, 0.25) is 11.7 Å². The number of nitrogens with zero attached hydrogens (tertiary/aromatic N) is 7. The van der Waals surface area contributed by atoms with Crippen molar-refractivity contribution in [3.05, 3.63) is 90.6 Å². The van der Waals surface area contributed by atoms with Crippen LogP contribution in [-0.4, -0.2) is 96.5 Å². The SMILES string of the molecule is CN1CCN(c2ccc3nc(-c4ccc5nc(-c6cccc(OCCCC(=O)Nc7cc(C(=O)Nc8cn(C)c(C(N)=O)n8)n(C)c7)c6)[nH]c5c4)[nH]c3c2)CC1. The second-order valence-electron chi connectivity index (χ2n) is 14.0. The number of ether oxygens (including phenoxy) is 1. The van der Waals surface area contributed by atoms with E-state index < -0.39 is 11.8 Å². The molecule has 7 aromatic rings. The predicted octanol–water partition coefficient (Wildman–Crippen LogP) is 4.75. The molecule has 0 bridgehead atoms. The highest BCUT2D eigenvalue weighted by Gasteiger charge is 2.18. The van der Waals surface area contributed by atoms with Gasteiger partial charge in [0.15, 0.2) is 5.82 Å². The van der Waals surface area contributed by atoms with Crippen LogP contribution in [0.5, 0.6) is 5.75 Å². The summed E-state index contributed by atoms with van der Waals surface area (Å²) in [4.78, 5) is 62.5. The Kier molecular flexibility index (Phi) is 9.70. The zero-order chi connectivity index (χ0) is 38.9. The summed E-state index contributed by atoms with van der Waals surface area (Å²) in [5, 5.41) is 5.47. The molecule has 16 heteroatoms. The average molecular weight is 755 g/mol. The molecule has 0 spiro atoms. The zero-order valence-electron chi connectivity index (χ0n) is 31.3. The molecule has 1 fully saturated rings. The second-order valence-corrected chi connectivity index (χ2v) is 14.0. The Bertz CT molecular complexity index is 2590. The van der Waals surface area contributed by atoms with Gasteiger partial charge in [0.1, 0.15) is 23.1 Å². The Labute approximate surface area is 321 Å². The first-order chi connectivity index (χ1) is 27.1. The lowest BCUT2D eigenvalue weighted by molar-refractivity contribution is -0.116. The summed E-state index contributed by atoms with van der Waals surface area (Å²) >= 11 is 0. The highest BCUT2D eigenvalue weighted by Crippen LogP contribution is 2.29. The van der Waals surface area contributed by atoms with Crippen molar-refractivity contribution in [2.45, 2.75) is 12.8 Å². The molecule has 16 nitrogen and oxygen atoms in total. The van der Waals surface area contributed by atoms with Crippen LogP contribution in [0.15, 0.2) is 79.1 Å². The Morgan fingerprint density at radius 2 is 1.50 bits per heavy atom. The first-order valence-corrected chi connectivity index (χ1v) is 18.3. The third-order valence-corrected chi connectivity index (χ3v) is 9.87. The van der Waals surface area contributed by atoms with Gasteiger partial charge in [0.05, 0.1) is 34.4 Å². The van der Waals surface area contributed by atoms with Gasteiger partial charge in [-0.3, -0.25) is 14.4 Å². The molecule has 4 aromatic heterocycles. The van der Waals surface area contributed by atoms with Crippen molar-refractivity contribution in [2.24, 2.45) is 19.8 Å². The van der Waals surface area contributed by atoms with E-state index in [1.807, 2.05) is 36.4 Å². The minimum atomic E-state index is -0.705. The smallest absolute Gasteiger partial charge is 0.284 e. The number of carbonyl (C=O) groups excluding carboxylic acids is 3. The van der Waals surface area contributed by atoms with Crippen molar-refractivity contribution < 1.29 is 19.1 Å². The van der Waals surface area contributed by atoms with Crippen LogP contribution in [-0.2, 0) is 18.9 Å². The number of amides is 3. The van der Waals surface area contributed by atoms with Gasteiger partial charge in [-0.25, -0.2) is 15.0 Å². The molecule has 0 aliphatic carbocycles. The number of benzene rings is 3. The summed E-state index contributed by atoms with van der Waals surface area (Å²) in [6.45, 7) is 4.46. The molecule has 1 aliphatic rings. The van der Waals surface area contributed by atoms with Gasteiger partial charge < -0.3 is 50.0 Å². The largest absolute Gasteiger partial charge is 0.494 e. The molecule has 1 saturated heterocycles. The zero-order valence-corrected chi connectivity index (χ0v) is 31.3. The molecule has 0 saturated carbocycles. The van der Waals surface area contributed by atoms with Gasteiger partial charge in [-0.15, -0.1) is 0 Å². The number of H-pyrrole nitrogens is 2. The standard InChI is InChI=1S/C40H42N12O4/c1-49-13-15-52(16-14-49)27-10-12-30-32(21-27)46-38(44-30)25-9-11-29-31(19-25)45-37(43-29)24-6-4-7-28(18-24)56-17-5-8-35(53)42-26-20-33(50(2)22-26)40(55)48-34-23-51(3)39(47-34)36(41)54/h4,6-7,9-12,18-23H,5,8,13-17H2,1-3H3,(H2,41,54)(H,42,53)(H,43,45)(H,44,46)(H,48,55). The van der Waals surface area contributed by atoms with Crippen molar-refractivity contribution in [3.63, 3.8) is 0 Å². The molecule has 0 unspecified atom stereocenters. The van der Waals surface area contributed by atoms with E-state index in [1.54, 1.807) is 30.9 Å². The van der Waals surface area contributed by atoms with Gasteiger partial charge in [0.25, 0.3) is 11.8 Å². The minimum Gasteiger partial charge on any atom is -0.494 e. The highest BCUT2D eigenvalue weighted by atomic mass is 16.5. The number of aryl methyl sites for hydroxylation is 2. The molecule has 0 radical (unpaired) electrons. The van der Waals surface area contributed by atoms with E-state index >= 15 is 0 Å². The molecule has 6 N–H and O–H groups in total. The minimum absolute atomic E-state index is 0.0211. The molecule has 286 valence electrons. The maximum Gasteiger partial charge on any atom is 0.284 e. The maximum absolute atomic E-state index is 12.8. The van der Waals surface area contributed by atoms with Crippen LogP contribution in [0, 0.1) is 0 Å². The van der Waals surface area contributed by atoms with Crippen LogP contribution in [0.4, 0.5) is 17.2 Å². The van der Waals surface area contributed by atoms with E-state index in [0.717, 1.165) is 71.0 Å². The first-order valence-electron chi connectivity index (χ1n) is 18.3. The van der Waals surface area contributed by atoms with E-state index in [0.29, 0.717) is 30.2 Å². The molecular weight excluding hydrogens is 713 g/mol. The monoisotopic (exact) mass is 754 g/mol. The van der Waals surface area contributed by atoms with Gasteiger partial charge in [-0.2, -0.15) is 0 Å². The maximum atomic E-state index is 12.8. The number of nitrogens with two attached hydrogens (primary N) is 1. The quantitative estimate of drug-likeness (QED) is 0.109. The van der Waals surface area contributed by atoms with E-state index in [1.165, 1.54) is 16.5 Å². The van der Waals surface area contributed by atoms with Crippen LogP contribution in [0.2, 0.25) is 0 Å². The van der Waals surface area contributed by atoms with Crippen LogP contribution in [0.1, 0.15) is 33.9 Å². The molecule has 56 heavy (non-hydrogen) atoms. The lowest BCUT2D eigenvalue weighted by atomic mass is 10.2. The van der Waals surface area contributed by atoms with Crippen molar-refractivity contribution >= 4 is 57.0 Å². The number of aromatic amines is 2. The first kappa shape index (κ1) is 36.1. The van der Waals surface area contributed by atoms with E-state index in [9.17, 15) is 14.4 Å². The normalized spacial score (nSPS) is 13.4. The van der Waals surface area contributed by atoms with Crippen molar-refractivity contribution in [1.82, 2.24) is 39.0 Å². The van der Waals surface area contributed by atoms with Crippen molar-refractivity contribution in [3.8, 4) is 28.5 Å². The lowest BCUT2D eigenvalue weighted by Crippen LogP contribution is -2.44. The number of imidazole rings is 3. The average Bonchev–Trinajstić information content (AvgIpc) is 3.98. The van der Waals surface area contributed by atoms with E-state index in [2.05, 4.69) is 66.7 Å². The van der Waals surface area contributed by atoms with Gasteiger partial charge in [-0.05, 0) is 68.1 Å². The summed E-state index contributed by atoms with van der Waals surface area (Å²) in [5.41, 5.74) is 12.8. The fraction of sp³-hybridized carbons (Fsp3) is 0.250. The molecule has 1 aliphatic heterocycles. The molecular formula is C40H42N12O4. The Balaban J connectivity index is 0.849. The van der Waals surface area contributed by atoms with Gasteiger partial charge in [0, 0.05) is 75.9 Å². The molecule has 5 heterocycles. The number of primary amides is 1. The summed E-state index contributed by atoms with van der Waals surface area (Å²) in [6, 6.07) is 21.8. The molecule has 3 amide bonds. The topological polar surface area (TPSA) is 197 Å². The number of aromatic nitrogens is 7. The fourth-order valence-electron chi connectivity index (χ4n) is 6.86. The van der Waals surface area contributed by atoms with Crippen LogP contribution >= 0.6 is 0 Å². The molecule has 8 rings (SSSR count). The second kappa shape index (κ2) is 15.1. The predicted molar refractivity (Wildman–Crippen MR) is 215 cm³/mol. The van der Waals surface area contributed by atoms with Gasteiger partial charge in [-0.1, -0.05) is 12.1 Å². The number of likely N-dealkylation sites (N-methyl/N-ethyl adjacent to an activating group) is 1. The summed E-state index contributed by atoms with van der Waals surface area (Å²) in [6.07, 6.45) is 3.83. The molecule has 3 aromatic carbocycles. The number of fused-ring (bicyclic) bond motifs is 2. The summed E-state index contributed by atoms with van der Waals surface area (Å²) in [7, 11) is 5.45. The van der Waals surface area contributed by atoms with Crippen LogP contribution in [0.25, 0.3) is 44.8 Å². The van der Waals surface area contributed by atoms with E-state index in [-0.39, 0.29) is 24.0 Å². The number of hydrogen-bond acceptors (Lipinski definition) is 9.